The molecule has 2 rings (SSSR count). The molecule has 1 aliphatic rings. The fraction of sp³-hybridized carbons (Fsp3) is 0.308. The number of carboxylic acid groups (broad SMARTS) is 1. The van der Waals surface area contributed by atoms with Gasteiger partial charge in [-0.25, -0.2) is 9.18 Å². The summed E-state index contributed by atoms with van der Waals surface area (Å²) < 4.78 is 13.5. The van der Waals surface area contributed by atoms with Crippen LogP contribution in [0.3, 0.4) is 0 Å². The Hall–Kier alpha value is -2.66. The maximum atomic E-state index is 13.5. The molecule has 2 amide bonds. The maximum Gasteiger partial charge on any atom is 0.408 e. The SMILES string of the molecule is N#Cc1ccc(NC(=O)C2CNCCN2C(=O)O)cc1F. The van der Waals surface area contributed by atoms with Gasteiger partial charge < -0.3 is 15.7 Å². The number of amides is 2. The number of hydrogen-bond donors (Lipinski definition) is 3. The summed E-state index contributed by atoms with van der Waals surface area (Å²) in [5, 5.41) is 23.1. The smallest absolute Gasteiger partial charge is 0.408 e. The zero-order valence-electron chi connectivity index (χ0n) is 11.0. The van der Waals surface area contributed by atoms with Crippen molar-refractivity contribution in [3.63, 3.8) is 0 Å². The molecule has 1 saturated heterocycles. The number of nitrogens with one attached hydrogen (secondary N) is 2. The van der Waals surface area contributed by atoms with Crippen LogP contribution in [0.2, 0.25) is 0 Å². The Morgan fingerprint density at radius 2 is 2.29 bits per heavy atom. The highest BCUT2D eigenvalue weighted by molar-refractivity contribution is 5.96. The second-order valence-electron chi connectivity index (χ2n) is 4.49. The Morgan fingerprint density at radius 1 is 1.52 bits per heavy atom. The summed E-state index contributed by atoms with van der Waals surface area (Å²) in [5.41, 5.74) is 0.0481. The van der Waals surface area contributed by atoms with Gasteiger partial charge in [0.1, 0.15) is 17.9 Å². The van der Waals surface area contributed by atoms with Crippen molar-refractivity contribution >= 4 is 17.7 Å². The van der Waals surface area contributed by atoms with E-state index >= 15 is 0 Å². The molecule has 110 valence electrons. The molecule has 3 N–H and O–H groups in total. The van der Waals surface area contributed by atoms with Gasteiger partial charge in [0.15, 0.2) is 0 Å². The molecule has 21 heavy (non-hydrogen) atoms. The normalized spacial score (nSPS) is 17.9. The van der Waals surface area contributed by atoms with Crippen LogP contribution in [-0.4, -0.2) is 47.7 Å². The minimum Gasteiger partial charge on any atom is -0.465 e. The molecule has 1 heterocycles. The van der Waals surface area contributed by atoms with Crippen LogP contribution in [0, 0.1) is 17.1 Å². The number of rotatable bonds is 2. The number of hydrogen-bond acceptors (Lipinski definition) is 4. The second kappa shape index (κ2) is 6.19. The summed E-state index contributed by atoms with van der Waals surface area (Å²) in [4.78, 5) is 24.2. The summed E-state index contributed by atoms with van der Waals surface area (Å²) in [5.74, 6) is -1.29. The Kier molecular flexibility index (Phi) is 4.35. The van der Waals surface area contributed by atoms with E-state index in [1.807, 2.05) is 0 Å². The molecule has 0 aromatic heterocycles. The Morgan fingerprint density at radius 3 is 2.90 bits per heavy atom. The number of carbonyl (C=O) groups is 2. The van der Waals surface area contributed by atoms with Crippen molar-refractivity contribution < 1.29 is 19.1 Å². The monoisotopic (exact) mass is 292 g/mol. The van der Waals surface area contributed by atoms with Gasteiger partial charge in [0.2, 0.25) is 5.91 Å². The van der Waals surface area contributed by atoms with Gasteiger partial charge in [-0.1, -0.05) is 0 Å². The predicted molar refractivity (Wildman–Crippen MR) is 71.1 cm³/mol. The molecular weight excluding hydrogens is 279 g/mol. The van der Waals surface area contributed by atoms with Crippen LogP contribution in [0.25, 0.3) is 0 Å². The highest BCUT2D eigenvalue weighted by Crippen LogP contribution is 2.15. The zero-order valence-corrected chi connectivity index (χ0v) is 11.0. The third kappa shape index (κ3) is 3.27. The van der Waals surface area contributed by atoms with Crippen molar-refractivity contribution in [3.8, 4) is 6.07 Å². The topological polar surface area (TPSA) is 105 Å². The third-order valence-electron chi connectivity index (χ3n) is 3.15. The summed E-state index contributed by atoms with van der Waals surface area (Å²) in [6, 6.07) is 4.46. The minimum atomic E-state index is -1.18. The average molecular weight is 292 g/mol. The molecular formula is C13H13FN4O3. The van der Waals surface area contributed by atoms with E-state index < -0.39 is 23.9 Å². The van der Waals surface area contributed by atoms with Gasteiger partial charge in [-0.05, 0) is 18.2 Å². The Bertz CT molecular complexity index is 614. The fourth-order valence-electron chi connectivity index (χ4n) is 2.08. The lowest BCUT2D eigenvalue weighted by atomic mass is 10.1. The van der Waals surface area contributed by atoms with Crippen molar-refractivity contribution in [3.05, 3.63) is 29.6 Å². The molecule has 7 nitrogen and oxygen atoms in total. The van der Waals surface area contributed by atoms with E-state index in [9.17, 15) is 14.0 Å². The lowest BCUT2D eigenvalue weighted by Crippen LogP contribution is -2.58. The minimum absolute atomic E-state index is 0.125. The van der Waals surface area contributed by atoms with Crippen molar-refractivity contribution in [2.45, 2.75) is 6.04 Å². The van der Waals surface area contributed by atoms with Crippen molar-refractivity contribution in [1.82, 2.24) is 10.2 Å². The van der Waals surface area contributed by atoms with Crippen LogP contribution in [0.5, 0.6) is 0 Å². The van der Waals surface area contributed by atoms with E-state index in [1.54, 1.807) is 6.07 Å². The first-order chi connectivity index (χ1) is 10.0. The molecule has 1 aromatic carbocycles. The lowest BCUT2D eigenvalue weighted by molar-refractivity contribution is -0.121. The van der Waals surface area contributed by atoms with E-state index in [0.717, 1.165) is 11.0 Å². The van der Waals surface area contributed by atoms with Crippen molar-refractivity contribution in [1.29, 1.82) is 5.26 Å². The highest BCUT2D eigenvalue weighted by Gasteiger charge is 2.32. The van der Waals surface area contributed by atoms with E-state index in [2.05, 4.69) is 10.6 Å². The Labute approximate surface area is 120 Å². The maximum absolute atomic E-state index is 13.5. The van der Waals surface area contributed by atoms with Crippen LogP contribution in [0.1, 0.15) is 5.56 Å². The summed E-state index contributed by atoms with van der Waals surface area (Å²) in [6.07, 6.45) is -1.18. The first kappa shape index (κ1) is 14.7. The molecule has 8 heteroatoms. The number of nitriles is 1. The molecule has 0 radical (unpaired) electrons. The van der Waals surface area contributed by atoms with Crippen molar-refractivity contribution in [2.24, 2.45) is 0 Å². The molecule has 0 spiro atoms. The molecule has 1 aromatic rings. The Balaban J connectivity index is 2.11. The molecule has 0 aliphatic carbocycles. The van der Waals surface area contributed by atoms with Crippen LogP contribution in [0.4, 0.5) is 14.9 Å². The first-order valence-electron chi connectivity index (χ1n) is 6.23. The van der Waals surface area contributed by atoms with E-state index in [1.165, 1.54) is 12.1 Å². The summed E-state index contributed by atoms with van der Waals surface area (Å²) in [7, 11) is 0. The average Bonchev–Trinajstić information content (AvgIpc) is 2.47. The van der Waals surface area contributed by atoms with E-state index in [4.69, 9.17) is 10.4 Å². The molecule has 1 atom stereocenters. The van der Waals surface area contributed by atoms with Crippen LogP contribution in [-0.2, 0) is 4.79 Å². The molecule has 0 bridgehead atoms. The molecule has 0 saturated carbocycles. The number of nitrogens with zero attached hydrogens (tertiary/aromatic N) is 2. The standard InChI is InChI=1S/C13H13FN4O3/c14-10-5-9(2-1-8(10)6-15)17-12(19)11-7-16-3-4-18(11)13(20)21/h1-2,5,11,16H,3-4,7H2,(H,17,19)(H,20,21). The van der Waals surface area contributed by atoms with Crippen LogP contribution >= 0.6 is 0 Å². The van der Waals surface area contributed by atoms with Gasteiger partial charge in [-0.2, -0.15) is 5.26 Å². The van der Waals surface area contributed by atoms with Crippen LogP contribution in [0.15, 0.2) is 18.2 Å². The lowest BCUT2D eigenvalue weighted by Gasteiger charge is -2.32. The van der Waals surface area contributed by atoms with Crippen LogP contribution < -0.4 is 10.6 Å². The second-order valence-corrected chi connectivity index (χ2v) is 4.49. The first-order valence-corrected chi connectivity index (χ1v) is 6.23. The molecule has 1 unspecified atom stereocenters. The number of carbonyl (C=O) groups excluding carboxylic acids is 1. The van der Waals surface area contributed by atoms with E-state index in [0.29, 0.717) is 6.54 Å². The number of halogens is 1. The van der Waals surface area contributed by atoms with Gasteiger partial charge in [0.05, 0.1) is 5.56 Å². The number of anilines is 1. The van der Waals surface area contributed by atoms with Gasteiger partial charge in [0.25, 0.3) is 0 Å². The predicted octanol–water partition coefficient (Wildman–Crippen LogP) is 0.588. The molecule has 1 fully saturated rings. The zero-order chi connectivity index (χ0) is 15.4. The summed E-state index contributed by atoms with van der Waals surface area (Å²) >= 11 is 0. The summed E-state index contributed by atoms with van der Waals surface area (Å²) in [6.45, 7) is 0.869. The van der Waals surface area contributed by atoms with Crippen molar-refractivity contribution in [2.75, 3.05) is 25.0 Å². The highest BCUT2D eigenvalue weighted by atomic mass is 19.1. The third-order valence-corrected chi connectivity index (χ3v) is 3.15. The van der Waals surface area contributed by atoms with Gasteiger partial charge in [0, 0.05) is 25.3 Å². The number of piperazine rings is 1. The fourth-order valence-corrected chi connectivity index (χ4v) is 2.08. The van der Waals surface area contributed by atoms with Gasteiger partial charge >= 0.3 is 6.09 Å². The number of benzene rings is 1. The van der Waals surface area contributed by atoms with E-state index in [-0.39, 0.29) is 24.3 Å². The van der Waals surface area contributed by atoms with Gasteiger partial charge in [-0.15, -0.1) is 0 Å². The van der Waals surface area contributed by atoms with Gasteiger partial charge in [-0.3, -0.25) is 9.69 Å². The largest absolute Gasteiger partial charge is 0.465 e. The quantitative estimate of drug-likeness (QED) is 0.739. The molecule has 1 aliphatic heterocycles.